The number of amides is 2. The maximum Gasteiger partial charge on any atom is 0.271 e. The zero-order valence-corrected chi connectivity index (χ0v) is 19.1. The van der Waals surface area contributed by atoms with E-state index in [4.69, 9.17) is 0 Å². The quantitative estimate of drug-likeness (QED) is 0.228. The Balaban J connectivity index is 1.94. The molecule has 0 spiro atoms. The molecule has 0 radical (unpaired) electrons. The monoisotopic (exact) mass is 467 g/mol. The first kappa shape index (κ1) is 23.3. The number of nitrogens with zero attached hydrogens (tertiary/aromatic N) is 5. The number of imide groups is 1. The van der Waals surface area contributed by atoms with Crippen LogP contribution in [0.3, 0.4) is 0 Å². The molecule has 1 aliphatic heterocycles. The van der Waals surface area contributed by atoms with Gasteiger partial charge in [0.25, 0.3) is 17.5 Å². The summed E-state index contributed by atoms with van der Waals surface area (Å²) in [7, 11) is 0. The molecule has 3 aromatic rings. The van der Waals surface area contributed by atoms with E-state index in [-0.39, 0.29) is 29.0 Å². The number of hydrogen-bond acceptors (Lipinski definition) is 6. The lowest BCUT2D eigenvalue weighted by Gasteiger charge is -2.27. The maximum absolute atomic E-state index is 13.2. The highest BCUT2D eigenvalue weighted by molar-refractivity contribution is 6.19. The van der Waals surface area contributed by atoms with Gasteiger partial charge in [-0.2, -0.15) is 10.4 Å². The van der Waals surface area contributed by atoms with Gasteiger partial charge in [0.2, 0.25) is 0 Å². The van der Waals surface area contributed by atoms with Crippen LogP contribution in [0, 0.1) is 21.4 Å². The van der Waals surface area contributed by atoms with Crippen molar-refractivity contribution in [1.29, 1.82) is 5.26 Å². The molecule has 174 valence electrons. The number of nitriles is 1. The Morgan fingerprint density at radius 1 is 1.11 bits per heavy atom. The molecular weight excluding hydrogens is 446 g/mol. The molecule has 9 heteroatoms. The van der Waals surface area contributed by atoms with Gasteiger partial charge in [-0.3, -0.25) is 24.6 Å². The maximum atomic E-state index is 13.2. The molecule has 0 aliphatic carbocycles. The molecule has 1 aliphatic rings. The van der Waals surface area contributed by atoms with Crippen molar-refractivity contribution >= 4 is 23.6 Å². The average molecular weight is 467 g/mol. The van der Waals surface area contributed by atoms with Crippen molar-refractivity contribution in [2.24, 2.45) is 0 Å². The number of nitro groups is 1. The average Bonchev–Trinajstić information content (AvgIpc) is 3.29. The van der Waals surface area contributed by atoms with E-state index in [1.165, 1.54) is 12.1 Å². The van der Waals surface area contributed by atoms with Crippen LogP contribution < -0.4 is 0 Å². The van der Waals surface area contributed by atoms with E-state index in [1.807, 2.05) is 43.3 Å². The standard InChI is InChI=1S/C26H21N5O4/c1-3-12-29-25(32)22(17(2)23(15-27)26(29)33)14-19-16-30(20-9-5-4-6-10-20)28-24(19)18-8-7-11-21(13-18)31(34)35/h4-11,13-14,16H,3,12H2,1-2H3/b22-14+. The van der Waals surface area contributed by atoms with Crippen LogP contribution in [-0.4, -0.2) is 38.0 Å². The van der Waals surface area contributed by atoms with E-state index in [0.29, 0.717) is 23.2 Å². The molecule has 2 aromatic carbocycles. The van der Waals surface area contributed by atoms with Gasteiger partial charge in [-0.15, -0.1) is 0 Å². The number of aromatic nitrogens is 2. The minimum Gasteiger partial charge on any atom is -0.274 e. The minimum atomic E-state index is -0.604. The Labute approximate surface area is 201 Å². The van der Waals surface area contributed by atoms with Gasteiger partial charge < -0.3 is 0 Å². The highest BCUT2D eigenvalue weighted by Gasteiger charge is 2.35. The van der Waals surface area contributed by atoms with Crippen LogP contribution in [0.2, 0.25) is 0 Å². The van der Waals surface area contributed by atoms with E-state index in [0.717, 1.165) is 10.6 Å². The zero-order chi connectivity index (χ0) is 25.1. The first-order valence-electron chi connectivity index (χ1n) is 10.9. The molecule has 0 bridgehead atoms. The van der Waals surface area contributed by atoms with Gasteiger partial charge in [-0.25, -0.2) is 4.68 Å². The number of nitro benzene ring substituents is 1. The summed E-state index contributed by atoms with van der Waals surface area (Å²) < 4.78 is 1.62. The number of carbonyl (C=O) groups is 2. The number of benzene rings is 2. The smallest absolute Gasteiger partial charge is 0.271 e. The third kappa shape index (κ3) is 4.37. The van der Waals surface area contributed by atoms with Gasteiger partial charge in [0.15, 0.2) is 0 Å². The van der Waals surface area contributed by atoms with Gasteiger partial charge in [-0.1, -0.05) is 37.3 Å². The van der Waals surface area contributed by atoms with Gasteiger partial charge >= 0.3 is 0 Å². The fourth-order valence-corrected chi connectivity index (χ4v) is 3.91. The van der Waals surface area contributed by atoms with E-state index in [9.17, 15) is 25.0 Å². The largest absolute Gasteiger partial charge is 0.274 e. The SMILES string of the molecule is CCCN1C(=O)C(C#N)=C(C)/C(=C\c2cn(-c3ccccc3)nc2-c2cccc([N+](=O)[O-])c2)C1=O. The first-order valence-corrected chi connectivity index (χ1v) is 10.9. The number of carbonyl (C=O) groups excluding carboxylic acids is 2. The van der Waals surface area contributed by atoms with E-state index < -0.39 is 16.7 Å². The fourth-order valence-electron chi connectivity index (χ4n) is 3.91. The van der Waals surface area contributed by atoms with Crippen molar-refractivity contribution in [3.63, 3.8) is 0 Å². The van der Waals surface area contributed by atoms with Crippen molar-refractivity contribution in [2.45, 2.75) is 20.3 Å². The zero-order valence-electron chi connectivity index (χ0n) is 19.1. The second-order valence-electron chi connectivity index (χ2n) is 7.95. The lowest BCUT2D eigenvalue weighted by molar-refractivity contribution is -0.384. The summed E-state index contributed by atoms with van der Waals surface area (Å²) in [6, 6.07) is 17.3. The third-order valence-electron chi connectivity index (χ3n) is 5.67. The number of non-ortho nitro benzene ring substituents is 1. The number of hydrogen-bond donors (Lipinski definition) is 0. The molecule has 9 nitrogen and oxygen atoms in total. The van der Waals surface area contributed by atoms with E-state index in [1.54, 1.807) is 36.0 Å². The van der Waals surface area contributed by atoms with Gasteiger partial charge in [0.05, 0.1) is 10.6 Å². The predicted molar refractivity (Wildman–Crippen MR) is 129 cm³/mol. The van der Waals surface area contributed by atoms with Crippen LogP contribution in [0.4, 0.5) is 5.69 Å². The fraction of sp³-hybridized carbons (Fsp3) is 0.154. The summed E-state index contributed by atoms with van der Waals surface area (Å²) in [6.45, 7) is 3.60. The molecule has 4 rings (SSSR count). The molecule has 0 saturated heterocycles. The summed E-state index contributed by atoms with van der Waals surface area (Å²) in [5, 5.41) is 25.6. The molecular formula is C26H21N5O4. The summed E-state index contributed by atoms with van der Waals surface area (Å²) >= 11 is 0. The third-order valence-corrected chi connectivity index (χ3v) is 5.67. The molecule has 35 heavy (non-hydrogen) atoms. The summed E-state index contributed by atoms with van der Waals surface area (Å²) in [5.41, 5.74) is 2.49. The van der Waals surface area contributed by atoms with Crippen molar-refractivity contribution in [3.8, 4) is 23.0 Å². The Kier molecular flexibility index (Phi) is 6.38. The topological polar surface area (TPSA) is 122 Å². The molecule has 0 atom stereocenters. The predicted octanol–water partition coefficient (Wildman–Crippen LogP) is 4.45. The second kappa shape index (κ2) is 9.57. The van der Waals surface area contributed by atoms with Crippen molar-refractivity contribution < 1.29 is 14.5 Å². The lowest BCUT2D eigenvalue weighted by atomic mass is 9.93. The van der Waals surface area contributed by atoms with Crippen LogP contribution in [0.1, 0.15) is 25.8 Å². The van der Waals surface area contributed by atoms with E-state index in [2.05, 4.69) is 5.10 Å². The normalized spacial score (nSPS) is 15.0. The number of rotatable bonds is 6. The molecule has 0 fully saturated rings. The van der Waals surface area contributed by atoms with Gasteiger partial charge in [-0.05, 0) is 37.1 Å². The minimum absolute atomic E-state index is 0.0864. The van der Waals surface area contributed by atoms with Crippen LogP contribution in [0.15, 0.2) is 77.5 Å². The Hall–Kier alpha value is -4.84. The first-order chi connectivity index (χ1) is 16.8. The molecule has 2 amide bonds. The van der Waals surface area contributed by atoms with Crippen molar-refractivity contribution in [2.75, 3.05) is 6.54 Å². The highest BCUT2D eigenvalue weighted by Crippen LogP contribution is 2.32. The van der Waals surface area contributed by atoms with Crippen LogP contribution in [0.25, 0.3) is 23.0 Å². The molecule has 1 aromatic heterocycles. The van der Waals surface area contributed by atoms with Gasteiger partial charge in [0.1, 0.15) is 17.3 Å². The second-order valence-corrected chi connectivity index (χ2v) is 7.95. The molecule has 2 heterocycles. The Morgan fingerprint density at radius 3 is 2.51 bits per heavy atom. The molecule has 0 saturated carbocycles. The Bertz CT molecular complexity index is 1440. The summed E-state index contributed by atoms with van der Waals surface area (Å²) in [5.74, 6) is -1.10. The lowest BCUT2D eigenvalue weighted by Crippen LogP contribution is -2.43. The van der Waals surface area contributed by atoms with Crippen LogP contribution in [-0.2, 0) is 9.59 Å². The summed E-state index contributed by atoms with van der Waals surface area (Å²) in [4.78, 5) is 37.8. The highest BCUT2D eigenvalue weighted by atomic mass is 16.6. The van der Waals surface area contributed by atoms with Gasteiger partial charge in [0, 0.05) is 41.6 Å². The molecule has 0 unspecified atom stereocenters. The van der Waals surface area contributed by atoms with Crippen LogP contribution >= 0.6 is 0 Å². The van der Waals surface area contributed by atoms with Crippen LogP contribution in [0.5, 0.6) is 0 Å². The Morgan fingerprint density at radius 2 is 1.86 bits per heavy atom. The number of para-hydroxylation sites is 1. The van der Waals surface area contributed by atoms with E-state index >= 15 is 0 Å². The van der Waals surface area contributed by atoms with Crippen molar-refractivity contribution in [1.82, 2.24) is 14.7 Å². The molecule has 0 N–H and O–H groups in total. The van der Waals surface area contributed by atoms with Crippen molar-refractivity contribution in [3.05, 3.63) is 93.2 Å². The summed E-state index contributed by atoms with van der Waals surface area (Å²) in [6.07, 6.45) is 3.85.